The SMILES string of the molecule is CCCCCN1C(=S)NC(c2ccc(C)c(C)c2)C(c2nc(-c3ccccc3)no2)=C1C. The van der Waals surface area contributed by atoms with Crippen LogP contribution in [0.25, 0.3) is 17.0 Å². The van der Waals surface area contributed by atoms with Crippen molar-refractivity contribution in [3.8, 4) is 11.4 Å². The molecule has 1 atom stereocenters. The number of rotatable bonds is 7. The van der Waals surface area contributed by atoms with Crippen molar-refractivity contribution in [3.05, 3.63) is 76.8 Å². The monoisotopic (exact) mass is 446 g/mol. The number of nitrogens with zero attached hydrogens (tertiary/aromatic N) is 3. The van der Waals surface area contributed by atoms with Gasteiger partial charge in [-0.2, -0.15) is 4.98 Å². The van der Waals surface area contributed by atoms with E-state index in [4.69, 9.17) is 21.7 Å². The minimum Gasteiger partial charge on any atom is -0.351 e. The van der Waals surface area contributed by atoms with E-state index in [1.54, 1.807) is 0 Å². The fraction of sp³-hybridized carbons (Fsp3) is 0.346. The Morgan fingerprint density at radius 2 is 1.81 bits per heavy atom. The Labute approximate surface area is 195 Å². The zero-order valence-electron chi connectivity index (χ0n) is 19.2. The van der Waals surface area contributed by atoms with Gasteiger partial charge in [0.1, 0.15) is 0 Å². The van der Waals surface area contributed by atoms with E-state index in [1.807, 2.05) is 30.3 Å². The van der Waals surface area contributed by atoms with E-state index in [9.17, 15) is 0 Å². The highest BCUT2D eigenvalue weighted by Crippen LogP contribution is 2.38. The molecule has 32 heavy (non-hydrogen) atoms. The summed E-state index contributed by atoms with van der Waals surface area (Å²) in [5.41, 5.74) is 6.62. The van der Waals surface area contributed by atoms with Crippen molar-refractivity contribution in [2.75, 3.05) is 6.54 Å². The second kappa shape index (κ2) is 9.65. The standard InChI is InChI=1S/C26H30N4OS/c1-5-6-10-15-30-19(4)22(25-28-24(29-31-25)20-11-8-7-9-12-20)23(27-26(30)32)21-14-13-17(2)18(3)16-21/h7-9,11-14,16,23H,5-6,10,15H2,1-4H3,(H,27,32). The van der Waals surface area contributed by atoms with Crippen LogP contribution in [0, 0.1) is 13.8 Å². The molecular weight excluding hydrogens is 416 g/mol. The predicted molar refractivity (Wildman–Crippen MR) is 133 cm³/mol. The van der Waals surface area contributed by atoms with Crippen LogP contribution >= 0.6 is 12.2 Å². The van der Waals surface area contributed by atoms with Crippen LogP contribution < -0.4 is 5.32 Å². The maximum atomic E-state index is 5.81. The molecule has 3 aromatic rings. The number of benzene rings is 2. The Kier molecular flexibility index (Phi) is 6.70. The van der Waals surface area contributed by atoms with Gasteiger partial charge >= 0.3 is 0 Å². The van der Waals surface area contributed by atoms with Crippen molar-refractivity contribution in [3.63, 3.8) is 0 Å². The van der Waals surface area contributed by atoms with E-state index in [0.717, 1.165) is 40.5 Å². The molecule has 0 saturated carbocycles. The maximum absolute atomic E-state index is 5.81. The van der Waals surface area contributed by atoms with Gasteiger partial charge in [-0.1, -0.05) is 73.5 Å². The van der Waals surface area contributed by atoms with Gasteiger partial charge in [0.05, 0.1) is 11.6 Å². The van der Waals surface area contributed by atoms with Gasteiger partial charge in [-0.05, 0) is 56.1 Å². The van der Waals surface area contributed by atoms with Crippen LogP contribution in [0.5, 0.6) is 0 Å². The van der Waals surface area contributed by atoms with Crippen LogP contribution in [0.2, 0.25) is 0 Å². The van der Waals surface area contributed by atoms with Gasteiger partial charge in [0.25, 0.3) is 5.89 Å². The van der Waals surface area contributed by atoms with Crippen molar-refractivity contribution < 1.29 is 4.52 Å². The van der Waals surface area contributed by atoms with Gasteiger partial charge in [-0.25, -0.2) is 0 Å². The van der Waals surface area contributed by atoms with Crippen LogP contribution in [-0.4, -0.2) is 26.7 Å². The highest BCUT2D eigenvalue weighted by molar-refractivity contribution is 7.80. The molecule has 0 fully saturated rings. The average Bonchev–Trinajstić information content (AvgIpc) is 3.28. The molecule has 2 aromatic carbocycles. The summed E-state index contributed by atoms with van der Waals surface area (Å²) in [5, 5.41) is 8.58. The van der Waals surface area contributed by atoms with E-state index in [1.165, 1.54) is 24.0 Å². The summed E-state index contributed by atoms with van der Waals surface area (Å²) in [4.78, 5) is 6.95. The van der Waals surface area contributed by atoms with Gasteiger partial charge in [0.2, 0.25) is 5.82 Å². The summed E-state index contributed by atoms with van der Waals surface area (Å²) in [7, 11) is 0. The van der Waals surface area contributed by atoms with Crippen LogP contribution in [0.15, 0.2) is 58.8 Å². The second-order valence-corrected chi connectivity index (χ2v) is 8.76. The molecule has 0 aliphatic carbocycles. The van der Waals surface area contributed by atoms with Crippen LogP contribution in [0.4, 0.5) is 0 Å². The first-order chi connectivity index (χ1) is 15.5. The Morgan fingerprint density at radius 1 is 1.03 bits per heavy atom. The third kappa shape index (κ3) is 4.46. The lowest BCUT2D eigenvalue weighted by Gasteiger charge is -2.37. The first kappa shape index (κ1) is 22.2. The van der Waals surface area contributed by atoms with Gasteiger partial charge in [0, 0.05) is 17.8 Å². The number of allylic oxidation sites excluding steroid dienone is 1. The van der Waals surface area contributed by atoms with E-state index >= 15 is 0 Å². The molecule has 6 heteroatoms. The minimum absolute atomic E-state index is 0.145. The highest BCUT2D eigenvalue weighted by Gasteiger charge is 2.34. The third-order valence-electron chi connectivity index (χ3n) is 6.13. The Hall–Kier alpha value is -2.99. The number of hydrogen-bond acceptors (Lipinski definition) is 4. The number of thiocarbonyl (C=S) groups is 1. The van der Waals surface area contributed by atoms with Crippen molar-refractivity contribution >= 4 is 22.9 Å². The van der Waals surface area contributed by atoms with E-state index in [-0.39, 0.29) is 6.04 Å². The molecule has 5 nitrogen and oxygen atoms in total. The summed E-state index contributed by atoms with van der Waals surface area (Å²) in [6.07, 6.45) is 3.41. The summed E-state index contributed by atoms with van der Waals surface area (Å²) in [5.74, 6) is 1.12. The van der Waals surface area contributed by atoms with Gasteiger partial charge in [-0.15, -0.1) is 0 Å². The molecule has 1 N–H and O–H groups in total. The molecule has 4 rings (SSSR count). The van der Waals surface area contributed by atoms with E-state index in [0.29, 0.717) is 11.7 Å². The van der Waals surface area contributed by atoms with Gasteiger partial charge in [0.15, 0.2) is 5.11 Å². The van der Waals surface area contributed by atoms with Crippen molar-refractivity contribution in [1.82, 2.24) is 20.4 Å². The molecular formula is C26H30N4OS. The van der Waals surface area contributed by atoms with Crippen LogP contribution in [0.1, 0.15) is 61.7 Å². The summed E-state index contributed by atoms with van der Waals surface area (Å²) in [6.45, 7) is 9.44. The number of hydrogen-bond donors (Lipinski definition) is 1. The molecule has 166 valence electrons. The highest BCUT2D eigenvalue weighted by atomic mass is 32.1. The van der Waals surface area contributed by atoms with Crippen molar-refractivity contribution in [2.24, 2.45) is 0 Å². The fourth-order valence-electron chi connectivity index (χ4n) is 4.08. The molecule has 0 bridgehead atoms. The maximum Gasteiger partial charge on any atom is 0.258 e. The Morgan fingerprint density at radius 3 is 2.53 bits per heavy atom. The Balaban J connectivity index is 1.79. The third-order valence-corrected chi connectivity index (χ3v) is 6.47. The number of aromatic nitrogens is 2. The first-order valence-corrected chi connectivity index (χ1v) is 11.7. The van der Waals surface area contributed by atoms with Gasteiger partial charge in [-0.3, -0.25) is 0 Å². The number of unbranched alkanes of at least 4 members (excludes halogenated alkanes) is 2. The largest absolute Gasteiger partial charge is 0.351 e. The summed E-state index contributed by atoms with van der Waals surface area (Å²) in [6, 6.07) is 16.3. The molecule has 0 saturated heterocycles. The number of nitrogens with one attached hydrogen (secondary N) is 1. The fourth-order valence-corrected chi connectivity index (χ4v) is 4.43. The molecule has 2 heterocycles. The lowest BCUT2D eigenvalue weighted by Crippen LogP contribution is -2.46. The van der Waals surface area contributed by atoms with E-state index in [2.05, 4.69) is 61.3 Å². The lowest BCUT2D eigenvalue weighted by molar-refractivity contribution is 0.395. The summed E-state index contributed by atoms with van der Waals surface area (Å²) >= 11 is 5.79. The number of aryl methyl sites for hydroxylation is 2. The Bertz CT molecular complexity index is 1140. The smallest absolute Gasteiger partial charge is 0.258 e. The zero-order valence-corrected chi connectivity index (χ0v) is 20.0. The average molecular weight is 447 g/mol. The van der Waals surface area contributed by atoms with Crippen molar-refractivity contribution in [2.45, 2.75) is 53.0 Å². The summed E-state index contributed by atoms with van der Waals surface area (Å²) < 4.78 is 5.81. The molecule has 0 amide bonds. The van der Waals surface area contributed by atoms with Crippen molar-refractivity contribution in [1.29, 1.82) is 0 Å². The zero-order chi connectivity index (χ0) is 22.7. The second-order valence-electron chi connectivity index (χ2n) is 8.37. The molecule has 1 aromatic heterocycles. The van der Waals surface area contributed by atoms with E-state index < -0.39 is 0 Å². The normalized spacial score (nSPS) is 16.4. The molecule has 1 aliphatic heterocycles. The quantitative estimate of drug-likeness (QED) is 0.344. The lowest BCUT2D eigenvalue weighted by atomic mass is 9.92. The van der Waals surface area contributed by atoms with Crippen LogP contribution in [0.3, 0.4) is 0 Å². The predicted octanol–water partition coefficient (Wildman–Crippen LogP) is 6.21. The molecule has 0 spiro atoms. The minimum atomic E-state index is -0.145. The van der Waals surface area contributed by atoms with Gasteiger partial charge < -0.3 is 14.7 Å². The van der Waals surface area contributed by atoms with Crippen LogP contribution in [-0.2, 0) is 0 Å². The molecule has 1 unspecified atom stereocenters. The molecule has 1 aliphatic rings. The topological polar surface area (TPSA) is 54.2 Å². The first-order valence-electron chi connectivity index (χ1n) is 11.2. The molecule has 0 radical (unpaired) electrons.